The number of fused-ring (bicyclic) bond motifs is 1. The molecular formula is C19H17F2N3. The fourth-order valence-corrected chi connectivity index (χ4v) is 3.49. The monoisotopic (exact) mass is 325 g/mol. The maximum Gasteiger partial charge on any atom is 0.137 e. The zero-order valence-corrected chi connectivity index (χ0v) is 13.1. The van der Waals surface area contributed by atoms with Crippen LogP contribution in [0.4, 0.5) is 14.6 Å². The molecular weight excluding hydrogens is 308 g/mol. The minimum absolute atomic E-state index is 0.361. The summed E-state index contributed by atoms with van der Waals surface area (Å²) >= 11 is 0. The van der Waals surface area contributed by atoms with Gasteiger partial charge in [-0.25, -0.2) is 13.8 Å². The number of pyridine rings is 2. The summed E-state index contributed by atoms with van der Waals surface area (Å²) in [5, 5.41) is 1.04. The fraction of sp³-hybridized carbons (Fsp3) is 0.263. The second-order valence-electron chi connectivity index (χ2n) is 6.29. The van der Waals surface area contributed by atoms with E-state index in [9.17, 15) is 8.78 Å². The Bertz CT molecular complexity index is 856. The highest BCUT2D eigenvalue weighted by atomic mass is 19.1. The standard InChI is InChI=1S/C19H17F2N3/c20-15-9-14(10-16(21)11-15)8-13-4-7-24(12-13)19-17-2-1-5-22-18(17)3-6-23-19/h1-3,5-6,9-11,13H,4,7-8,12H2. The molecule has 24 heavy (non-hydrogen) atoms. The zero-order valence-electron chi connectivity index (χ0n) is 13.1. The molecule has 0 radical (unpaired) electrons. The van der Waals surface area contributed by atoms with Gasteiger partial charge in [0.25, 0.3) is 0 Å². The van der Waals surface area contributed by atoms with Crippen LogP contribution in [-0.2, 0) is 6.42 Å². The van der Waals surface area contributed by atoms with E-state index in [0.717, 1.165) is 42.3 Å². The third-order valence-electron chi connectivity index (χ3n) is 4.54. The summed E-state index contributed by atoms with van der Waals surface area (Å²) in [6.07, 6.45) is 5.21. The van der Waals surface area contributed by atoms with E-state index >= 15 is 0 Å². The van der Waals surface area contributed by atoms with Gasteiger partial charge in [-0.15, -0.1) is 0 Å². The van der Waals surface area contributed by atoms with Crippen LogP contribution in [0.3, 0.4) is 0 Å². The highest BCUT2D eigenvalue weighted by Gasteiger charge is 2.25. The van der Waals surface area contributed by atoms with Crippen LogP contribution < -0.4 is 4.90 Å². The summed E-state index contributed by atoms with van der Waals surface area (Å²) in [4.78, 5) is 11.1. The molecule has 1 aliphatic heterocycles. The Kier molecular flexibility index (Phi) is 3.84. The molecule has 1 atom stereocenters. The number of hydrogen-bond donors (Lipinski definition) is 0. The first kappa shape index (κ1) is 15.0. The molecule has 4 rings (SSSR count). The Labute approximate surface area is 139 Å². The van der Waals surface area contributed by atoms with Gasteiger partial charge >= 0.3 is 0 Å². The van der Waals surface area contributed by atoms with Crippen LogP contribution >= 0.6 is 0 Å². The van der Waals surface area contributed by atoms with E-state index in [4.69, 9.17) is 0 Å². The summed E-state index contributed by atoms with van der Waals surface area (Å²) in [6.45, 7) is 1.72. The minimum Gasteiger partial charge on any atom is -0.356 e. The summed E-state index contributed by atoms with van der Waals surface area (Å²) in [5.41, 5.74) is 1.64. The van der Waals surface area contributed by atoms with Crippen molar-refractivity contribution in [2.24, 2.45) is 5.92 Å². The van der Waals surface area contributed by atoms with Gasteiger partial charge in [-0.2, -0.15) is 0 Å². The molecule has 0 spiro atoms. The van der Waals surface area contributed by atoms with Gasteiger partial charge in [0.15, 0.2) is 0 Å². The number of nitrogens with zero attached hydrogens (tertiary/aromatic N) is 3. The Morgan fingerprint density at radius 1 is 1.04 bits per heavy atom. The lowest BCUT2D eigenvalue weighted by atomic mass is 9.98. The molecule has 0 amide bonds. The van der Waals surface area contributed by atoms with Crippen LogP contribution in [0.2, 0.25) is 0 Å². The second-order valence-corrected chi connectivity index (χ2v) is 6.29. The van der Waals surface area contributed by atoms with Crippen molar-refractivity contribution in [3.63, 3.8) is 0 Å². The van der Waals surface area contributed by atoms with Gasteiger partial charge in [0.2, 0.25) is 0 Å². The largest absolute Gasteiger partial charge is 0.356 e. The molecule has 1 fully saturated rings. The Hall–Kier alpha value is -2.56. The fourth-order valence-electron chi connectivity index (χ4n) is 3.49. The number of benzene rings is 1. The molecule has 3 heterocycles. The molecule has 122 valence electrons. The number of rotatable bonds is 3. The van der Waals surface area contributed by atoms with Crippen molar-refractivity contribution in [3.05, 3.63) is 66.0 Å². The molecule has 1 saturated heterocycles. The zero-order chi connectivity index (χ0) is 16.5. The highest BCUT2D eigenvalue weighted by molar-refractivity contribution is 5.89. The lowest BCUT2D eigenvalue weighted by molar-refractivity contribution is 0.558. The van der Waals surface area contributed by atoms with Crippen molar-refractivity contribution in [1.29, 1.82) is 0 Å². The molecule has 1 unspecified atom stereocenters. The lowest BCUT2D eigenvalue weighted by Crippen LogP contribution is -2.21. The van der Waals surface area contributed by atoms with Gasteiger partial charge in [0.1, 0.15) is 17.5 Å². The van der Waals surface area contributed by atoms with Gasteiger partial charge in [-0.1, -0.05) is 0 Å². The van der Waals surface area contributed by atoms with Gasteiger partial charge in [0, 0.05) is 36.9 Å². The molecule has 5 heteroatoms. The van der Waals surface area contributed by atoms with Gasteiger partial charge in [-0.3, -0.25) is 4.98 Å². The molecule has 3 nitrogen and oxygen atoms in total. The molecule has 0 saturated carbocycles. The molecule has 0 aliphatic carbocycles. The Morgan fingerprint density at radius 3 is 2.71 bits per heavy atom. The van der Waals surface area contributed by atoms with Crippen LogP contribution in [0.5, 0.6) is 0 Å². The summed E-state index contributed by atoms with van der Waals surface area (Å²) in [6, 6.07) is 9.60. The van der Waals surface area contributed by atoms with Crippen LogP contribution in [0.1, 0.15) is 12.0 Å². The quantitative estimate of drug-likeness (QED) is 0.729. The van der Waals surface area contributed by atoms with Crippen LogP contribution in [-0.4, -0.2) is 23.1 Å². The van der Waals surface area contributed by atoms with Gasteiger partial charge < -0.3 is 4.90 Å². The Morgan fingerprint density at radius 2 is 1.88 bits per heavy atom. The molecule has 3 aromatic rings. The molecule has 0 N–H and O–H groups in total. The van der Waals surface area contributed by atoms with E-state index in [-0.39, 0.29) is 0 Å². The van der Waals surface area contributed by atoms with Crippen LogP contribution in [0.25, 0.3) is 10.9 Å². The van der Waals surface area contributed by atoms with E-state index in [1.807, 2.05) is 18.2 Å². The van der Waals surface area contributed by atoms with Crippen LogP contribution in [0.15, 0.2) is 48.8 Å². The predicted molar refractivity (Wildman–Crippen MR) is 89.9 cm³/mol. The predicted octanol–water partition coefficient (Wildman–Crippen LogP) is 3.98. The van der Waals surface area contributed by atoms with Gasteiger partial charge in [0.05, 0.1) is 5.52 Å². The molecule has 0 bridgehead atoms. The van der Waals surface area contributed by atoms with E-state index in [1.165, 1.54) is 12.1 Å². The second kappa shape index (κ2) is 6.15. The Balaban J connectivity index is 1.54. The third kappa shape index (κ3) is 2.94. The third-order valence-corrected chi connectivity index (χ3v) is 4.54. The van der Waals surface area contributed by atoms with Crippen molar-refractivity contribution >= 4 is 16.7 Å². The van der Waals surface area contributed by atoms with Crippen molar-refractivity contribution in [3.8, 4) is 0 Å². The number of aromatic nitrogens is 2. The summed E-state index contributed by atoms with van der Waals surface area (Å²) < 4.78 is 26.7. The first-order valence-corrected chi connectivity index (χ1v) is 8.09. The summed E-state index contributed by atoms with van der Waals surface area (Å²) in [7, 11) is 0. The highest BCUT2D eigenvalue weighted by Crippen LogP contribution is 2.29. The molecule has 1 aromatic carbocycles. The van der Waals surface area contributed by atoms with E-state index in [0.29, 0.717) is 17.9 Å². The van der Waals surface area contributed by atoms with E-state index in [1.54, 1.807) is 12.4 Å². The molecule has 1 aliphatic rings. The topological polar surface area (TPSA) is 29.0 Å². The first-order valence-electron chi connectivity index (χ1n) is 8.09. The lowest BCUT2D eigenvalue weighted by Gasteiger charge is -2.19. The maximum absolute atomic E-state index is 13.4. The normalized spacial score (nSPS) is 17.6. The van der Waals surface area contributed by atoms with Crippen LogP contribution in [0, 0.1) is 17.6 Å². The van der Waals surface area contributed by atoms with Crippen molar-refractivity contribution in [2.75, 3.05) is 18.0 Å². The average Bonchev–Trinajstić information content (AvgIpc) is 3.01. The minimum atomic E-state index is -0.512. The smallest absolute Gasteiger partial charge is 0.137 e. The maximum atomic E-state index is 13.4. The molecule has 2 aromatic heterocycles. The van der Waals surface area contributed by atoms with Crippen molar-refractivity contribution < 1.29 is 8.78 Å². The van der Waals surface area contributed by atoms with Gasteiger partial charge in [-0.05, 0) is 54.7 Å². The van der Waals surface area contributed by atoms with E-state index in [2.05, 4.69) is 14.9 Å². The average molecular weight is 325 g/mol. The number of hydrogen-bond acceptors (Lipinski definition) is 3. The van der Waals surface area contributed by atoms with E-state index < -0.39 is 11.6 Å². The SMILES string of the molecule is Fc1cc(F)cc(CC2CCN(c3nccc4ncccc34)C2)c1. The first-order chi connectivity index (χ1) is 11.7. The van der Waals surface area contributed by atoms with Crippen molar-refractivity contribution in [2.45, 2.75) is 12.8 Å². The number of halogens is 2. The summed E-state index contributed by atoms with van der Waals surface area (Å²) in [5.74, 6) is 0.275. The van der Waals surface area contributed by atoms with Crippen molar-refractivity contribution in [1.82, 2.24) is 9.97 Å². The number of anilines is 1.